The minimum Gasteiger partial charge on any atom is -0.287 e. The van der Waals surface area contributed by atoms with E-state index in [1.54, 1.807) is 11.8 Å². The number of rotatable bonds is 5. The summed E-state index contributed by atoms with van der Waals surface area (Å²) in [5.41, 5.74) is 4.67. The standard InChI is InChI=1S/C19H18N2S/c1-3-13-22-19-20-14-18(16-11-9-15(2)10-12-16)21(19)17-7-5-4-6-8-17/h3-12,14H,1,13H2,2H3. The predicted octanol–water partition coefficient (Wildman–Crippen LogP) is 5.13. The summed E-state index contributed by atoms with van der Waals surface area (Å²) in [6.07, 6.45) is 3.85. The molecule has 3 heteroatoms. The number of nitrogens with zero attached hydrogens (tertiary/aromatic N) is 2. The molecule has 1 heterocycles. The lowest BCUT2D eigenvalue weighted by molar-refractivity contribution is 0.902. The van der Waals surface area contributed by atoms with Crippen molar-refractivity contribution in [2.24, 2.45) is 0 Å². The highest BCUT2D eigenvalue weighted by Gasteiger charge is 2.13. The summed E-state index contributed by atoms with van der Waals surface area (Å²) < 4.78 is 2.21. The second kappa shape index (κ2) is 6.67. The average molecular weight is 306 g/mol. The fourth-order valence-electron chi connectivity index (χ4n) is 2.32. The van der Waals surface area contributed by atoms with Crippen LogP contribution in [0.15, 0.2) is 78.6 Å². The molecule has 0 aliphatic rings. The molecule has 22 heavy (non-hydrogen) atoms. The summed E-state index contributed by atoms with van der Waals surface area (Å²) in [6.45, 7) is 5.90. The Morgan fingerprint density at radius 2 is 1.82 bits per heavy atom. The highest BCUT2D eigenvalue weighted by molar-refractivity contribution is 7.99. The van der Waals surface area contributed by atoms with Crippen LogP contribution in [-0.4, -0.2) is 15.3 Å². The maximum Gasteiger partial charge on any atom is 0.173 e. The average Bonchev–Trinajstić information content (AvgIpc) is 2.98. The van der Waals surface area contributed by atoms with Gasteiger partial charge < -0.3 is 0 Å². The summed E-state index contributed by atoms with van der Waals surface area (Å²) in [4.78, 5) is 4.61. The van der Waals surface area contributed by atoms with Gasteiger partial charge in [0.05, 0.1) is 11.9 Å². The van der Waals surface area contributed by atoms with Gasteiger partial charge in [-0.05, 0) is 19.1 Å². The number of para-hydroxylation sites is 1. The number of aryl methyl sites for hydroxylation is 1. The lowest BCUT2D eigenvalue weighted by Gasteiger charge is -2.11. The van der Waals surface area contributed by atoms with E-state index in [0.717, 1.165) is 22.3 Å². The molecule has 2 nitrogen and oxygen atoms in total. The SMILES string of the molecule is C=CCSc1ncc(-c2ccc(C)cc2)n1-c1ccccc1. The van der Waals surface area contributed by atoms with Crippen molar-refractivity contribution in [2.75, 3.05) is 5.75 Å². The summed E-state index contributed by atoms with van der Waals surface area (Å²) in [7, 11) is 0. The van der Waals surface area contributed by atoms with E-state index in [1.165, 1.54) is 11.1 Å². The summed E-state index contributed by atoms with van der Waals surface area (Å²) in [5.74, 6) is 0.844. The van der Waals surface area contributed by atoms with Gasteiger partial charge in [-0.2, -0.15) is 0 Å². The molecule has 0 aliphatic carbocycles. The third kappa shape index (κ3) is 3.00. The maximum absolute atomic E-state index is 4.61. The normalized spacial score (nSPS) is 10.6. The van der Waals surface area contributed by atoms with Gasteiger partial charge in [0, 0.05) is 17.0 Å². The molecule has 0 spiro atoms. The number of aromatic nitrogens is 2. The first-order chi connectivity index (χ1) is 10.8. The molecular formula is C19H18N2S. The Bertz CT molecular complexity index is 758. The van der Waals surface area contributed by atoms with Gasteiger partial charge in [-0.3, -0.25) is 4.57 Å². The Balaban J connectivity index is 2.12. The molecular weight excluding hydrogens is 288 g/mol. The molecule has 3 rings (SSSR count). The third-order valence-corrected chi connectivity index (χ3v) is 4.37. The molecule has 2 aromatic carbocycles. The van der Waals surface area contributed by atoms with Crippen LogP contribution < -0.4 is 0 Å². The Kier molecular flexibility index (Phi) is 4.45. The monoisotopic (exact) mass is 306 g/mol. The Morgan fingerprint density at radius 3 is 2.50 bits per heavy atom. The second-order valence-electron chi connectivity index (χ2n) is 5.06. The van der Waals surface area contributed by atoms with E-state index < -0.39 is 0 Å². The molecule has 0 saturated heterocycles. The lowest BCUT2D eigenvalue weighted by Crippen LogP contribution is -1.99. The van der Waals surface area contributed by atoms with Crippen LogP contribution >= 0.6 is 11.8 Å². The molecule has 0 bridgehead atoms. The minimum absolute atomic E-state index is 0.844. The first-order valence-electron chi connectivity index (χ1n) is 7.23. The van der Waals surface area contributed by atoms with Crippen LogP contribution in [0.1, 0.15) is 5.56 Å². The second-order valence-corrected chi connectivity index (χ2v) is 6.05. The maximum atomic E-state index is 4.61. The molecule has 0 aliphatic heterocycles. The van der Waals surface area contributed by atoms with Gasteiger partial charge in [-0.1, -0.05) is 65.9 Å². The molecule has 0 unspecified atom stereocenters. The zero-order valence-electron chi connectivity index (χ0n) is 12.6. The summed E-state index contributed by atoms with van der Waals surface area (Å²) in [6, 6.07) is 18.9. The van der Waals surface area contributed by atoms with Crippen molar-refractivity contribution in [3.63, 3.8) is 0 Å². The molecule has 0 fully saturated rings. The van der Waals surface area contributed by atoms with Crippen LogP contribution in [0.5, 0.6) is 0 Å². The summed E-state index contributed by atoms with van der Waals surface area (Å²) in [5, 5.41) is 0.988. The predicted molar refractivity (Wildman–Crippen MR) is 94.7 cm³/mol. The molecule has 110 valence electrons. The Hall–Kier alpha value is -2.26. The third-order valence-electron chi connectivity index (χ3n) is 3.42. The van der Waals surface area contributed by atoms with Gasteiger partial charge >= 0.3 is 0 Å². The van der Waals surface area contributed by atoms with E-state index in [9.17, 15) is 0 Å². The van der Waals surface area contributed by atoms with E-state index in [1.807, 2.05) is 18.3 Å². The van der Waals surface area contributed by atoms with Crippen LogP contribution in [0, 0.1) is 6.92 Å². The smallest absolute Gasteiger partial charge is 0.173 e. The molecule has 1 aromatic heterocycles. The zero-order valence-corrected chi connectivity index (χ0v) is 13.4. The van der Waals surface area contributed by atoms with Gasteiger partial charge in [0.1, 0.15) is 0 Å². The molecule has 0 N–H and O–H groups in total. The van der Waals surface area contributed by atoms with Crippen molar-refractivity contribution in [2.45, 2.75) is 12.1 Å². The lowest BCUT2D eigenvalue weighted by atomic mass is 10.1. The van der Waals surface area contributed by atoms with E-state index in [2.05, 4.69) is 71.6 Å². The van der Waals surface area contributed by atoms with E-state index in [4.69, 9.17) is 0 Å². The first-order valence-corrected chi connectivity index (χ1v) is 8.22. The van der Waals surface area contributed by atoms with Gasteiger partial charge in [-0.25, -0.2) is 4.98 Å². The van der Waals surface area contributed by atoms with Crippen LogP contribution in [0.3, 0.4) is 0 Å². The fourth-order valence-corrected chi connectivity index (χ4v) is 3.05. The van der Waals surface area contributed by atoms with Crippen molar-refractivity contribution in [1.82, 2.24) is 9.55 Å². The number of thioether (sulfide) groups is 1. The molecule has 0 radical (unpaired) electrons. The van der Waals surface area contributed by atoms with Crippen LogP contribution in [0.4, 0.5) is 0 Å². The van der Waals surface area contributed by atoms with Crippen molar-refractivity contribution >= 4 is 11.8 Å². The Labute approximate surface area is 135 Å². The van der Waals surface area contributed by atoms with Crippen LogP contribution in [0.25, 0.3) is 16.9 Å². The quantitative estimate of drug-likeness (QED) is 0.480. The van der Waals surface area contributed by atoms with E-state index in [-0.39, 0.29) is 0 Å². The number of benzene rings is 2. The van der Waals surface area contributed by atoms with Crippen LogP contribution in [-0.2, 0) is 0 Å². The largest absolute Gasteiger partial charge is 0.287 e. The zero-order chi connectivity index (χ0) is 15.4. The molecule has 0 atom stereocenters. The van der Waals surface area contributed by atoms with E-state index >= 15 is 0 Å². The van der Waals surface area contributed by atoms with E-state index in [0.29, 0.717) is 0 Å². The fraction of sp³-hybridized carbons (Fsp3) is 0.105. The van der Waals surface area contributed by atoms with Crippen molar-refractivity contribution < 1.29 is 0 Å². The van der Waals surface area contributed by atoms with Gasteiger partial charge in [0.15, 0.2) is 5.16 Å². The van der Waals surface area contributed by atoms with Gasteiger partial charge in [-0.15, -0.1) is 6.58 Å². The molecule has 0 saturated carbocycles. The molecule has 3 aromatic rings. The van der Waals surface area contributed by atoms with Crippen molar-refractivity contribution in [3.8, 4) is 16.9 Å². The highest BCUT2D eigenvalue weighted by Crippen LogP contribution is 2.29. The Morgan fingerprint density at radius 1 is 1.09 bits per heavy atom. The first kappa shape index (κ1) is 14.7. The van der Waals surface area contributed by atoms with Crippen LogP contribution in [0.2, 0.25) is 0 Å². The van der Waals surface area contributed by atoms with Gasteiger partial charge in [0.2, 0.25) is 0 Å². The topological polar surface area (TPSA) is 17.8 Å². The minimum atomic E-state index is 0.844. The van der Waals surface area contributed by atoms with Crippen molar-refractivity contribution in [1.29, 1.82) is 0 Å². The molecule has 0 amide bonds. The van der Waals surface area contributed by atoms with Crippen molar-refractivity contribution in [3.05, 3.63) is 79.0 Å². The summed E-state index contributed by atoms with van der Waals surface area (Å²) >= 11 is 1.69. The number of hydrogen-bond donors (Lipinski definition) is 0. The number of imidazole rings is 1. The number of hydrogen-bond acceptors (Lipinski definition) is 2. The van der Waals surface area contributed by atoms with Gasteiger partial charge in [0.25, 0.3) is 0 Å². The highest BCUT2D eigenvalue weighted by atomic mass is 32.2.